The number of carbonyl (C=O) groups is 1. The topological polar surface area (TPSA) is 38.3 Å². The molecule has 0 saturated carbocycles. The Morgan fingerprint density at radius 2 is 2.17 bits per heavy atom. The van der Waals surface area contributed by atoms with Crippen molar-refractivity contribution in [2.45, 2.75) is 0 Å². The highest BCUT2D eigenvalue weighted by Gasteiger charge is 2.24. The number of fused-ring (bicyclic) bond motifs is 1. The molecule has 5 heteroatoms. The third-order valence-corrected chi connectivity index (χ3v) is 2.72. The Balaban J connectivity index is 2.47. The van der Waals surface area contributed by atoms with Crippen LogP contribution in [-0.4, -0.2) is 5.97 Å². The van der Waals surface area contributed by atoms with Crippen molar-refractivity contribution in [1.82, 2.24) is 0 Å². The van der Waals surface area contributed by atoms with Crippen molar-refractivity contribution in [2.24, 2.45) is 0 Å². The smallest absolute Gasteiger partial charge is 0.345 e. The van der Waals surface area contributed by atoms with Crippen LogP contribution in [0.15, 0.2) is 24.3 Å². The van der Waals surface area contributed by atoms with Gasteiger partial charge in [0.2, 0.25) is 0 Å². The lowest BCUT2D eigenvalue weighted by Gasteiger charge is -2.19. The van der Waals surface area contributed by atoms with E-state index in [1.54, 1.807) is 18.2 Å². The van der Waals surface area contributed by atoms with E-state index in [0.29, 0.717) is 5.56 Å². The molecule has 1 unspecified atom stereocenters. The Labute approximate surface area is 75.4 Å². The standard InChI is InChI=1S/C7H5ClNO2P/c8-12-9-6-4-2-1-3-5(6)7(10)11-12/h1-4,9H. The maximum atomic E-state index is 11.2. The zero-order valence-corrected chi connectivity index (χ0v) is 7.60. The van der Waals surface area contributed by atoms with Crippen molar-refractivity contribution in [2.75, 3.05) is 5.09 Å². The van der Waals surface area contributed by atoms with Crippen molar-refractivity contribution in [3.8, 4) is 0 Å². The second-order valence-electron chi connectivity index (χ2n) is 2.28. The number of para-hydroxylation sites is 1. The van der Waals surface area contributed by atoms with E-state index >= 15 is 0 Å². The average molecular weight is 202 g/mol. The van der Waals surface area contributed by atoms with Gasteiger partial charge in [0.25, 0.3) is 7.65 Å². The molecule has 1 heterocycles. The predicted molar refractivity (Wildman–Crippen MR) is 48.3 cm³/mol. The molecule has 0 aromatic heterocycles. The number of anilines is 1. The molecule has 3 nitrogen and oxygen atoms in total. The van der Waals surface area contributed by atoms with Gasteiger partial charge in [0, 0.05) is 0 Å². The maximum Gasteiger partial charge on any atom is 0.345 e. The van der Waals surface area contributed by atoms with Crippen LogP contribution < -0.4 is 5.09 Å². The van der Waals surface area contributed by atoms with Crippen LogP contribution in [0.1, 0.15) is 10.4 Å². The molecular formula is C7H5ClNO2P. The van der Waals surface area contributed by atoms with Crippen molar-refractivity contribution in [3.63, 3.8) is 0 Å². The van der Waals surface area contributed by atoms with Crippen LogP contribution in [0, 0.1) is 0 Å². The maximum absolute atomic E-state index is 11.2. The first-order chi connectivity index (χ1) is 5.77. The zero-order valence-electron chi connectivity index (χ0n) is 5.95. The summed E-state index contributed by atoms with van der Waals surface area (Å²) in [6.45, 7) is 0. The van der Waals surface area contributed by atoms with E-state index in [9.17, 15) is 4.79 Å². The molecule has 1 atom stereocenters. The molecule has 62 valence electrons. The molecule has 0 fully saturated rings. The van der Waals surface area contributed by atoms with Crippen LogP contribution in [0.25, 0.3) is 0 Å². The minimum atomic E-state index is -1.34. The van der Waals surface area contributed by atoms with Gasteiger partial charge < -0.3 is 9.61 Å². The minimum absolute atomic E-state index is 0.356. The summed E-state index contributed by atoms with van der Waals surface area (Å²) in [5, 5.41) is 2.88. The van der Waals surface area contributed by atoms with Crippen LogP contribution in [-0.2, 0) is 4.52 Å². The zero-order chi connectivity index (χ0) is 8.55. The van der Waals surface area contributed by atoms with Crippen LogP contribution >= 0.6 is 18.9 Å². The first kappa shape index (κ1) is 7.84. The number of benzene rings is 1. The number of nitrogens with one attached hydrogen (secondary N) is 1. The molecule has 0 spiro atoms. The molecule has 0 bridgehead atoms. The highest BCUT2D eigenvalue weighted by atomic mass is 35.7. The van der Waals surface area contributed by atoms with E-state index in [1.165, 1.54) is 0 Å². The van der Waals surface area contributed by atoms with Gasteiger partial charge in [-0.05, 0) is 23.4 Å². The van der Waals surface area contributed by atoms with E-state index in [1.807, 2.05) is 6.07 Å². The lowest BCUT2D eigenvalue weighted by atomic mass is 10.2. The fraction of sp³-hybridized carbons (Fsp3) is 0. The normalized spacial score (nSPS) is 20.8. The molecular weight excluding hydrogens is 197 g/mol. The number of halogens is 1. The Kier molecular flexibility index (Phi) is 1.91. The summed E-state index contributed by atoms with van der Waals surface area (Å²) in [5.41, 5.74) is 1.28. The highest BCUT2D eigenvalue weighted by Crippen LogP contribution is 2.47. The van der Waals surface area contributed by atoms with E-state index in [4.69, 9.17) is 15.8 Å². The molecule has 0 saturated heterocycles. The molecule has 2 rings (SSSR count). The summed E-state index contributed by atoms with van der Waals surface area (Å²) in [4.78, 5) is 11.2. The molecule has 0 amide bonds. The average Bonchev–Trinajstić information content (AvgIpc) is 2.04. The van der Waals surface area contributed by atoms with Gasteiger partial charge in [-0.3, -0.25) is 0 Å². The second-order valence-corrected chi connectivity index (χ2v) is 4.10. The predicted octanol–water partition coefficient (Wildman–Crippen LogP) is 2.73. The summed E-state index contributed by atoms with van der Waals surface area (Å²) in [7, 11) is -1.34. The lowest BCUT2D eigenvalue weighted by molar-refractivity contribution is 0.0756. The van der Waals surface area contributed by atoms with Gasteiger partial charge in [-0.15, -0.1) is 0 Å². The van der Waals surface area contributed by atoms with Gasteiger partial charge in [0.05, 0.1) is 11.3 Å². The van der Waals surface area contributed by atoms with Gasteiger partial charge in [-0.2, -0.15) is 0 Å². The molecule has 1 N–H and O–H groups in total. The van der Waals surface area contributed by atoms with E-state index in [2.05, 4.69) is 5.09 Å². The van der Waals surface area contributed by atoms with Crippen molar-refractivity contribution in [3.05, 3.63) is 29.8 Å². The number of hydrogen-bond donors (Lipinski definition) is 1. The first-order valence-corrected chi connectivity index (χ1v) is 5.48. The Morgan fingerprint density at radius 3 is 3.00 bits per heavy atom. The van der Waals surface area contributed by atoms with Gasteiger partial charge in [0.15, 0.2) is 0 Å². The number of carbonyl (C=O) groups excluding carboxylic acids is 1. The fourth-order valence-electron chi connectivity index (χ4n) is 0.998. The molecule has 0 aliphatic carbocycles. The lowest BCUT2D eigenvalue weighted by Crippen LogP contribution is -2.11. The van der Waals surface area contributed by atoms with Crippen LogP contribution in [0.3, 0.4) is 0 Å². The number of rotatable bonds is 0. The number of hydrogen-bond acceptors (Lipinski definition) is 3. The SMILES string of the molecule is O=C1OP(Cl)Nc2ccccc21. The molecule has 1 aromatic carbocycles. The van der Waals surface area contributed by atoms with Crippen LogP contribution in [0.2, 0.25) is 0 Å². The van der Waals surface area contributed by atoms with Crippen LogP contribution in [0.4, 0.5) is 5.69 Å². The monoisotopic (exact) mass is 201 g/mol. The van der Waals surface area contributed by atoms with Gasteiger partial charge in [0.1, 0.15) is 0 Å². The summed E-state index contributed by atoms with van der Waals surface area (Å²) in [6.07, 6.45) is 0. The fourth-order valence-corrected chi connectivity index (χ4v) is 2.13. The Bertz CT molecular complexity index is 331. The van der Waals surface area contributed by atoms with E-state index in [-0.39, 0.29) is 5.97 Å². The quantitative estimate of drug-likeness (QED) is 0.656. The Hall–Kier alpha value is -0.790. The first-order valence-electron chi connectivity index (χ1n) is 3.31. The van der Waals surface area contributed by atoms with Crippen molar-refractivity contribution < 1.29 is 9.32 Å². The molecule has 1 aliphatic heterocycles. The Morgan fingerprint density at radius 1 is 1.42 bits per heavy atom. The van der Waals surface area contributed by atoms with Crippen LogP contribution in [0.5, 0.6) is 0 Å². The minimum Gasteiger partial charge on any atom is -0.405 e. The largest absolute Gasteiger partial charge is 0.405 e. The van der Waals surface area contributed by atoms with Gasteiger partial charge in [-0.1, -0.05) is 12.1 Å². The summed E-state index contributed by atoms with van der Waals surface area (Å²) in [5.74, 6) is -0.356. The van der Waals surface area contributed by atoms with Gasteiger partial charge >= 0.3 is 5.97 Å². The van der Waals surface area contributed by atoms with E-state index < -0.39 is 7.65 Å². The highest BCUT2D eigenvalue weighted by molar-refractivity contribution is 7.81. The van der Waals surface area contributed by atoms with E-state index in [0.717, 1.165) is 5.69 Å². The summed E-state index contributed by atoms with van der Waals surface area (Å²) < 4.78 is 4.79. The molecule has 0 radical (unpaired) electrons. The second kappa shape index (κ2) is 2.92. The molecule has 1 aromatic rings. The molecule has 12 heavy (non-hydrogen) atoms. The third-order valence-electron chi connectivity index (χ3n) is 1.52. The summed E-state index contributed by atoms with van der Waals surface area (Å²) >= 11 is 5.65. The summed E-state index contributed by atoms with van der Waals surface area (Å²) in [6, 6.07) is 7.12. The van der Waals surface area contributed by atoms with Gasteiger partial charge in [-0.25, -0.2) is 4.79 Å². The van der Waals surface area contributed by atoms with Crippen molar-refractivity contribution in [1.29, 1.82) is 0 Å². The third kappa shape index (κ3) is 1.26. The molecule has 1 aliphatic rings. The van der Waals surface area contributed by atoms with Crippen molar-refractivity contribution >= 4 is 30.5 Å².